The Hall–Kier alpha value is -3.52. The molecule has 3 aromatic rings. The molecule has 2 amide bonds. The zero-order valence-corrected chi connectivity index (χ0v) is 18.2. The summed E-state index contributed by atoms with van der Waals surface area (Å²) in [7, 11) is 0. The quantitative estimate of drug-likeness (QED) is 0.612. The van der Waals surface area contributed by atoms with E-state index in [1.54, 1.807) is 35.6 Å². The van der Waals surface area contributed by atoms with Crippen molar-refractivity contribution in [3.05, 3.63) is 57.9 Å². The first-order chi connectivity index (χ1) is 14.8. The molecule has 1 N–H and O–H groups in total. The van der Waals surface area contributed by atoms with Crippen molar-refractivity contribution < 1.29 is 19.1 Å². The van der Waals surface area contributed by atoms with Crippen LogP contribution in [0.1, 0.15) is 27.2 Å². The molecule has 0 aliphatic carbocycles. The molecule has 0 spiro atoms. The highest BCUT2D eigenvalue weighted by Crippen LogP contribution is 2.37. The summed E-state index contributed by atoms with van der Waals surface area (Å²) in [6.07, 6.45) is 0. The van der Waals surface area contributed by atoms with E-state index in [0.29, 0.717) is 22.7 Å². The first kappa shape index (κ1) is 20.7. The van der Waals surface area contributed by atoms with Gasteiger partial charge < -0.3 is 10.1 Å². The molecule has 4 rings (SSSR count). The van der Waals surface area contributed by atoms with Gasteiger partial charge in [0, 0.05) is 28.6 Å². The molecule has 0 bridgehead atoms. The number of Topliss-reactive ketones (excluding diaryl/α,β-unsaturated/α-hetero) is 1. The molecule has 158 valence electrons. The van der Waals surface area contributed by atoms with E-state index in [-0.39, 0.29) is 30.7 Å². The van der Waals surface area contributed by atoms with Crippen LogP contribution < -0.4 is 15.0 Å². The average Bonchev–Trinajstić information content (AvgIpc) is 3.07. The number of nitrogens with one attached hydrogen (secondary N) is 1. The van der Waals surface area contributed by atoms with Crippen LogP contribution in [0, 0.1) is 13.8 Å². The number of anilines is 2. The van der Waals surface area contributed by atoms with Crippen LogP contribution in [0.3, 0.4) is 0 Å². The van der Waals surface area contributed by atoms with Crippen molar-refractivity contribution in [2.45, 2.75) is 20.8 Å². The maximum Gasteiger partial charge on any atom is 0.265 e. The van der Waals surface area contributed by atoms with Gasteiger partial charge in [-0.3, -0.25) is 19.3 Å². The van der Waals surface area contributed by atoms with E-state index >= 15 is 0 Å². The minimum absolute atomic E-state index is 0.104. The molecule has 0 unspecified atom stereocenters. The zero-order valence-electron chi connectivity index (χ0n) is 17.4. The van der Waals surface area contributed by atoms with Crippen molar-refractivity contribution >= 4 is 40.3 Å². The second-order valence-corrected chi connectivity index (χ2v) is 8.68. The molecule has 0 saturated carbocycles. The number of fused-ring (bicyclic) bond motifs is 1. The van der Waals surface area contributed by atoms with Crippen molar-refractivity contribution in [1.29, 1.82) is 0 Å². The van der Waals surface area contributed by atoms with E-state index in [4.69, 9.17) is 4.74 Å². The Morgan fingerprint density at radius 3 is 2.55 bits per heavy atom. The van der Waals surface area contributed by atoms with Crippen LogP contribution in [0.25, 0.3) is 11.3 Å². The highest BCUT2D eigenvalue weighted by molar-refractivity contribution is 7.11. The van der Waals surface area contributed by atoms with Crippen LogP contribution in [0.4, 0.5) is 11.4 Å². The molecule has 0 fully saturated rings. The zero-order chi connectivity index (χ0) is 22.1. The van der Waals surface area contributed by atoms with Crippen LogP contribution in [-0.4, -0.2) is 35.7 Å². The van der Waals surface area contributed by atoms with Gasteiger partial charge in [0.15, 0.2) is 12.4 Å². The molecule has 7 nitrogen and oxygen atoms in total. The Morgan fingerprint density at radius 1 is 1.16 bits per heavy atom. The number of hydrogen-bond acceptors (Lipinski definition) is 6. The topological polar surface area (TPSA) is 88.6 Å². The minimum atomic E-state index is -0.279. The first-order valence-electron chi connectivity index (χ1n) is 9.74. The number of nitrogens with zero attached hydrogens (tertiary/aromatic N) is 2. The Bertz CT molecular complexity index is 1180. The first-order valence-corrected chi connectivity index (χ1v) is 10.6. The summed E-state index contributed by atoms with van der Waals surface area (Å²) in [6, 6.07) is 12.2. The van der Waals surface area contributed by atoms with Gasteiger partial charge in [-0.25, -0.2) is 4.98 Å². The van der Waals surface area contributed by atoms with E-state index in [9.17, 15) is 14.4 Å². The molecule has 1 aliphatic rings. The van der Waals surface area contributed by atoms with Crippen molar-refractivity contribution in [3.8, 4) is 17.0 Å². The molecule has 2 aromatic carbocycles. The Balaban J connectivity index is 1.61. The molecular weight excluding hydrogens is 414 g/mol. The van der Waals surface area contributed by atoms with Crippen LogP contribution in [0.15, 0.2) is 42.5 Å². The fraction of sp³-hybridized carbons (Fsp3) is 0.217. The number of thiazole rings is 1. The lowest BCUT2D eigenvalue weighted by Gasteiger charge is -2.29. The predicted octanol–water partition coefficient (Wildman–Crippen LogP) is 3.99. The van der Waals surface area contributed by atoms with E-state index in [1.165, 1.54) is 11.8 Å². The number of aromatic nitrogens is 1. The molecule has 0 radical (unpaired) electrons. The number of ether oxygens (including phenoxy) is 1. The average molecular weight is 436 g/mol. The number of rotatable bonds is 5. The van der Waals surface area contributed by atoms with Gasteiger partial charge in [0.2, 0.25) is 5.91 Å². The van der Waals surface area contributed by atoms with E-state index in [0.717, 1.165) is 21.1 Å². The maximum absolute atomic E-state index is 12.9. The Labute approximate surface area is 183 Å². The van der Waals surface area contributed by atoms with E-state index in [2.05, 4.69) is 10.3 Å². The summed E-state index contributed by atoms with van der Waals surface area (Å²) < 4.78 is 5.57. The number of benzene rings is 2. The van der Waals surface area contributed by atoms with E-state index < -0.39 is 0 Å². The summed E-state index contributed by atoms with van der Waals surface area (Å²) >= 11 is 1.61. The number of carbonyl (C=O) groups excluding carboxylic acids is 3. The second kappa shape index (κ2) is 8.31. The van der Waals surface area contributed by atoms with Gasteiger partial charge >= 0.3 is 0 Å². The highest BCUT2D eigenvalue weighted by atomic mass is 32.1. The summed E-state index contributed by atoms with van der Waals surface area (Å²) in [5.74, 6) is -0.113. The van der Waals surface area contributed by atoms with Gasteiger partial charge in [0.05, 0.1) is 22.9 Å². The number of aryl methyl sites for hydroxylation is 2. The van der Waals surface area contributed by atoms with Gasteiger partial charge in [-0.2, -0.15) is 0 Å². The smallest absolute Gasteiger partial charge is 0.265 e. The number of amides is 2. The molecule has 8 heteroatoms. The monoisotopic (exact) mass is 435 g/mol. The Kier molecular flexibility index (Phi) is 5.56. The van der Waals surface area contributed by atoms with Crippen LogP contribution >= 0.6 is 11.3 Å². The summed E-state index contributed by atoms with van der Waals surface area (Å²) in [6.45, 7) is 5.16. The molecule has 2 heterocycles. The third-order valence-electron chi connectivity index (χ3n) is 4.91. The minimum Gasteiger partial charge on any atom is -0.482 e. The number of ketones is 1. The summed E-state index contributed by atoms with van der Waals surface area (Å²) in [4.78, 5) is 43.8. The third kappa shape index (κ3) is 4.34. The normalized spacial score (nSPS) is 12.9. The predicted molar refractivity (Wildman–Crippen MR) is 120 cm³/mol. The lowest BCUT2D eigenvalue weighted by Crippen LogP contribution is -2.42. The largest absolute Gasteiger partial charge is 0.482 e. The number of hydrogen-bond donors (Lipinski definition) is 1. The van der Waals surface area contributed by atoms with Crippen LogP contribution in [0.2, 0.25) is 0 Å². The van der Waals surface area contributed by atoms with Crippen molar-refractivity contribution in [1.82, 2.24) is 4.98 Å². The van der Waals surface area contributed by atoms with Gasteiger partial charge in [-0.15, -0.1) is 11.3 Å². The molecule has 0 saturated heterocycles. The van der Waals surface area contributed by atoms with Gasteiger partial charge in [0.1, 0.15) is 5.75 Å². The molecule has 1 aliphatic heterocycles. The summed E-state index contributed by atoms with van der Waals surface area (Å²) in [5, 5.41) is 3.63. The summed E-state index contributed by atoms with van der Waals surface area (Å²) in [5.41, 5.74) is 3.36. The van der Waals surface area contributed by atoms with Crippen LogP contribution in [-0.2, 0) is 9.59 Å². The maximum atomic E-state index is 12.9. The fourth-order valence-corrected chi connectivity index (χ4v) is 4.34. The lowest BCUT2D eigenvalue weighted by atomic mass is 10.1. The van der Waals surface area contributed by atoms with Crippen molar-refractivity contribution in [3.63, 3.8) is 0 Å². The standard InChI is InChI=1S/C23H21N3O4S/c1-13-23(25-15(3)31-13)17-6-9-21-19(10-17)26(22(29)12-30-21)11-20(28)16-4-7-18(8-5-16)24-14(2)27/h4-10H,11-12H2,1-3H3,(H,24,27). The SMILES string of the molecule is CC(=O)Nc1ccc(C(=O)CN2C(=O)COc3ccc(-c4nc(C)sc4C)cc32)cc1. The van der Waals surface area contributed by atoms with Crippen molar-refractivity contribution in [2.24, 2.45) is 0 Å². The fourth-order valence-electron chi connectivity index (χ4n) is 3.50. The lowest BCUT2D eigenvalue weighted by molar-refractivity contribution is -0.121. The second-order valence-electron chi connectivity index (χ2n) is 7.27. The Morgan fingerprint density at radius 2 is 1.90 bits per heavy atom. The van der Waals surface area contributed by atoms with E-state index in [1.807, 2.05) is 32.0 Å². The number of carbonyl (C=O) groups is 3. The van der Waals surface area contributed by atoms with Gasteiger partial charge in [-0.1, -0.05) is 0 Å². The highest BCUT2D eigenvalue weighted by Gasteiger charge is 2.28. The van der Waals surface area contributed by atoms with Crippen LogP contribution in [0.5, 0.6) is 5.75 Å². The van der Waals surface area contributed by atoms with Gasteiger partial charge in [-0.05, 0) is 56.3 Å². The molecule has 31 heavy (non-hydrogen) atoms. The molecule has 0 atom stereocenters. The molecular formula is C23H21N3O4S. The molecule has 1 aromatic heterocycles. The van der Waals surface area contributed by atoms with Gasteiger partial charge in [0.25, 0.3) is 5.91 Å². The third-order valence-corrected chi connectivity index (χ3v) is 5.79. The van der Waals surface area contributed by atoms with Crippen molar-refractivity contribution in [2.75, 3.05) is 23.4 Å².